The van der Waals surface area contributed by atoms with Crippen molar-refractivity contribution in [3.63, 3.8) is 0 Å². The standard InChI is InChI=1S/C19H20FN5O2/c1-13-10-17(27-22-13)11-19(26)24-8-6-16(7-9-24)25-12-18(21-23-25)14-2-4-15(20)5-3-14/h2-5,10,12,16H,6-9,11H2,1H3. The zero-order chi connectivity index (χ0) is 18.8. The minimum atomic E-state index is -0.274. The summed E-state index contributed by atoms with van der Waals surface area (Å²) in [4.78, 5) is 14.3. The number of aryl methyl sites for hydroxylation is 1. The van der Waals surface area contributed by atoms with Crippen LogP contribution >= 0.6 is 0 Å². The van der Waals surface area contributed by atoms with Crippen molar-refractivity contribution < 1.29 is 13.7 Å². The van der Waals surface area contributed by atoms with Gasteiger partial charge in [0.25, 0.3) is 0 Å². The lowest BCUT2D eigenvalue weighted by atomic mass is 10.0. The first-order chi connectivity index (χ1) is 13.1. The van der Waals surface area contributed by atoms with E-state index in [9.17, 15) is 9.18 Å². The molecular formula is C19H20FN5O2. The van der Waals surface area contributed by atoms with Crippen molar-refractivity contribution in [3.05, 3.63) is 53.8 Å². The molecule has 140 valence electrons. The average molecular weight is 369 g/mol. The number of hydrogen-bond donors (Lipinski definition) is 0. The van der Waals surface area contributed by atoms with Gasteiger partial charge >= 0.3 is 0 Å². The van der Waals surface area contributed by atoms with Crippen LogP contribution in [-0.2, 0) is 11.2 Å². The monoisotopic (exact) mass is 369 g/mol. The third-order valence-electron chi connectivity index (χ3n) is 4.84. The molecule has 1 amide bonds. The highest BCUT2D eigenvalue weighted by Crippen LogP contribution is 2.24. The molecule has 0 bridgehead atoms. The zero-order valence-corrected chi connectivity index (χ0v) is 15.0. The molecule has 4 rings (SSSR count). The van der Waals surface area contributed by atoms with Gasteiger partial charge in [0.2, 0.25) is 5.91 Å². The Balaban J connectivity index is 1.35. The molecule has 0 saturated carbocycles. The summed E-state index contributed by atoms with van der Waals surface area (Å²) in [6.07, 6.45) is 3.75. The molecular weight excluding hydrogens is 349 g/mol. The Morgan fingerprint density at radius 2 is 2.00 bits per heavy atom. The highest BCUT2D eigenvalue weighted by atomic mass is 19.1. The van der Waals surface area contributed by atoms with E-state index in [4.69, 9.17) is 4.52 Å². The first-order valence-electron chi connectivity index (χ1n) is 8.96. The van der Waals surface area contributed by atoms with E-state index >= 15 is 0 Å². The fourth-order valence-electron chi connectivity index (χ4n) is 3.35. The van der Waals surface area contributed by atoms with E-state index < -0.39 is 0 Å². The molecule has 1 fully saturated rings. The summed E-state index contributed by atoms with van der Waals surface area (Å²) in [7, 11) is 0. The summed E-state index contributed by atoms with van der Waals surface area (Å²) in [5.41, 5.74) is 2.33. The summed E-state index contributed by atoms with van der Waals surface area (Å²) in [6.45, 7) is 3.17. The van der Waals surface area contributed by atoms with Crippen molar-refractivity contribution in [2.24, 2.45) is 0 Å². The van der Waals surface area contributed by atoms with Gasteiger partial charge in [0, 0.05) is 24.7 Å². The first kappa shape index (κ1) is 17.4. The van der Waals surface area contributed by atoms with Crippen molar-refractivity contribution >= 4 is 5.91 Å². The predicted molar refractivity (Wildman–Crippen MR) is 95.2 cm³/mol. The van der Waals surface area contributed by atoms with Crippen molar-refractivity contribution in [1.82, 2.24) is 25.1 Å². The molecule has 7 nitrogen and oxygen atoms in total. The van der Waals surface area contributed by atoms with Crippen molar-refractivity contribution in [2.75, 3.05) is 13.1 Å². The van der Waals surface area contributed by atoms with E-state index in [1.54, 1.807) is 18.2 Å². The largest absolute Gasteiger partial charge is 0.361 e. The number of rotatable bonds is 4. The van der Waals surface area contributed by atoms with Crippen LogP contribution < -0.4 is 0 Å². The Morgan fingerprint density at radius 1 is 1.26 bits per heavy atom. The normalized spacial score (nSPS) is 15.3. The number of nitrogens with zero attached hydrogens (tertiary/aromatic N) is 5. The molecule has 8 heteroatoms. The van der Waals surface area contributed by atoms with Gasteiger partial charge in [-0.3, -0.25) is 4.79 Å². The summed E-state index contributed by atoms with van der Waals surface area (Å²) in [6, 6.07) is 8.19. The van der Waals surface area contributed by atoms with E-state index in [1.165, 1.54) is 12.1 Å². The molecule has 0 spiro atoms. The fourth-order valence-corrected chi connectivity index (χ4v) is 3.35. The van der Waals surface area contributed by atoms with Gasteiger partial charge in [-0.2, -0.15) is 0 Å². The van der Waals surface area contributed by atoms with Gasteiger partial charge in [0.15, 0.2) is 0 Å². The lowest BCUT2D eigenvalue weighted by Crippen LogP contribution is -2.39. The highest BCUT2D eigenvalue weighted by molar-refractivity contribution is 5.78. The van der Waals surface area contributed by atoms with Gasteiger partial charge in [-0.1, -0.05) is 10.4 Å². The molecule has 27 heavy (non-hydrogen) atoms. The molecule has 3 aromatic rings. The number of hydrogen-bond acceptors (Lipinski definition) is 5. The minimum absolute atomic E-state index is 0.0511. The summed E-state index contributed by atoms with van der Waals surface area (Å²) in [5.74, 6) is 0.374. The van der Waals surface area contributed by atoms with Gasteiger partial charge in [0.05, 0.1) is 24.4 Å². The van der Waals surface area contributed by atoms with Gasteiger partial charge in [0.1, 0.15) is 17.3 Å². The van der Waals surface area contributed by atoms with E-state index in [-0.39, 0.29) is 24.2 Å². The molecule has 1 aliphatic heterocycles. The molecule has 0 atom stereocenters. The van der Waals surface area contributed by atoms with Gasteiger partial charge < -0.3 is 9.42 Å². The lowest BCUT2D eigenvalue weighted by molar-refractivity contribution is -0.132. The van der Waals surface area contributed by atoms with Crippen molar-refractivity contribution in [1.29, 1.82) is 0 Å². The zero-order valence-electron chi connectivity index (χ0n) is 15.0. The van der Waals surface area contributed by atoms with Crippen molar-refractivity contribution in [2.45, 2.75) is 32.2 Å². The smallest absolute Gasteiger partial charge is 0.230 e. The summed E-state index contributed by atoms with van der Waals surface area (Å²) >= 11 is 0. The number of carbonyl (C=O) groups is 1. The molecule has 2 aromatic heterocycles. The molecule has 0 aliphatic carbocycles. The summed E-state index contributed by atoms with van der Waals surface area (Å²) in [5, 5.41) is 12.2. The quantitative estimate of drug-likeness (QED) is 0.707. The predicted octanol–water partition coefficient (Wildman–Crippen LogP) is 2.79. The number of piperidine rings is 1. The van der Waals surface area contributed by atoms with Crippen LogP contribution in [0.4, 0.5) is 4.39 Å². The second kappa shape index (κ2) is 7.30. The second-order valence-electron chi connectivity index (χ2n) is 6.81. The number of amides is 1. The molecule has 1 aliphatic rings. The van der Waals surface area contributed by atoms with Crippen LogP contribution in [0.3, 0.4) is 0 Å². The Kier molecular flexibility index (Phi) is 4.70. The topological polar surface area (TPSA) is 77.0 Å². The average Bonchev–Trinajstić information content (AvgIpc) is 3.32. The number of benzene rings is 1. The third-order valence-corrected chi connectivity index (χ3v) is 4.84. The number of likely N-dealkylation sites (tertiary alicyclic amines) is 1. The van der Waals surface area contributed by atoms with Gasteiger partial charge in [-0.15, -0.1) is 5.10 Å². The Hall–Kier alpha value is -3.03. The molecule has 0 radical (unpaired) electrons. The third kappa shape index (κ3) is 3.89. The minimum Gasteiger partial charge on any atom is -0.361 e. The van der Waals surface area contributed by atoms with Crippen LogP contribution in [0.2, 0.25) is 0 Å². The Morgan fingerprint density at radius 3 is 2.67 bits per heavy atom. The van der Waals surface area contributed by atoms with Crippen LogP contribution in [0.15, 0.2) is 41.1 Å². The highest BCUT2D eigenvalue weighted by Gasteiger charge is 2.25. The molecule has 1 aromatic carbocycles. The van der Waals surface area contributed by atoms with E-state index in [2.05, 4.69) is 15.5 Å². The number of carbonyl (C=O) groups excluding carboxylic acids is 1. The lowest BCUT2D eigenvalue weighted by Gasteiger charge is -2.31. The molecule has 3 heterocycles. The van der Waals surface area contributed by atoms with E-state index in [0.29, 0.717) is 24.5 Å². The van der Waals surface area contributed by atoms with E-state index in [1.807, 2.05) is 22.7 Å². The Labute approximate surface area is 155 Å². The maximum atomic E-state index is 13.1. The first-order valence-corrected chi connectivity index (χ1v) is 8.96. The summed E-state index contributed by atoms with van der Waals surface area (Å²) < 4.78 is 20.0. The number of halogens is 1. The van der Waals surface area contributed by atoms with Crippen LogP contribution in [0.1, 0.15) is 30.3 Å². The molecule has 0 unspecified atom stereocenters. The maximum Gasteiger partial charge on any atom is 0.230 e. The van der Waals surface area contributed by atoms with Gasteiger partial charge in [-0.25, -0.2) is 9.07 Å². The van der Waals surface area contributed by atoms with Crippen LogP contribution in [-0.4, -0.2) is 44.0 Å². The number of aromatic nitrogens is 4. The SMILES string of the molecule is Cc1cc(CC(=O)N2CCC(n3cc(-c4ccc(F)cc4)nn3)CC2)on1. The van der Waals surface area contributed by atoms with E-state index in [0.717, 1.165) is 24.1 Å². The fraction of sp³-hybridized carbons (Fsp3) is 0.368. The van der Waals surface area contributed by atoms with Crippen LogP contribution in [0.5, 0.6) is 0 Å². The Bertz CT molecular complexity index is 926. The second-order valence-corrected chi connectivity index (χ2v) is 6.81. The maximum absolute atomic E-state index is 13.1. The van der Waals surface area contributed by atoms with Crippen molar-refractivity contribution in [3.8, 4) is 11.3 Å². The van der Waals surface area contributed by atoms with Crippen LogP contribution in [0, 0.1) is 12.7 Å². The molecule has 1 saturated heterocycles. The molecule has 0 N–H and O–H groups in total. The van der Waals surface area contributed by atoms with Crippen LogP contribution in [0.25, 0.3) is 11.3 Å². The van der Waals surface area contributed by atoms with Gasteiger partial charge in [-0.05, 0) is 44.0 Å².